The van der Waals surface area contributed by atoms with E-state index in [1.54, 1.807) is 0 Å². The first-order valence-corrected chi connectivity index (χ1v) is 11.0. The molecule has 7 heteroatoms. The van der Waals surface area contributed by atoms with Crippen molar-refractivity contribution in [3.8, 4) is 0 Å². The molecule has 1 fully saturated rings. The molecule has 1 saturated heterocycles. The van der Waals surface area contributed by atoms with Crippen LogP contribution in [0.15, 0.2) is 30.3 Å². The first-order chi connectivity index (χ1) is 14.1. The second kappa shape index (κ2) is 8.95. The van der Waals surface area contributed by atoms with Crippen molar-refractivity contribution in [2.24, 2.45) is 0 Å². The van der Waals surface area contributed by atoms with Crippen LogP contribution in [0.1, 0.15) is 44.2 Å². The summed E-state index contributed by atoms with van der Waals surface area (Å²) in [6.45, 7) is 8.06. The number of hydrogen-bond donors (Lipinski definition) is 2. The van der Waals surface area contributed by atoms with E-state index < -0.39 is 0 Å². The van der Waals surface area contributed by atoms with E-state index in [0.29, 0.717) is 11.1 Å². The third kappa shape index (κ3) is 4.96. The third-order valence-corrected chi connectivity index (χ3v) is 5.70. The molecule has 2 aliphatic rings. The van der Waals surface area contributed by atoms with Gasteiger partial charge in [-0.1, -0.05) is 24.3 Å². The van der Waals surface area contributed by atoms with Gasteiger partial charge in [0.25, 0.3) is 0 Å². The van der Waals surface area contributed by atoms with E-state index in [0.717, 1.165) is 44.2 Å². The SMILES string of the molecule is CC(C)NC(=S)Nc1nc(N2CCCCC2)cc(N2CCc3ccccc3C2)n1. The average Bonchev–Trinajstić information content (AvgIpc) is 2.73. The Hall–Kier alpha value is -2.41. The maximum atomic E-state index is 5.43. The van der Waals surface area contributed by atoms with Crippen LogP contribution in [0.4, 0.5) is 17.6 Å². The Labute approximate surface area is 178 Å². The van der Waals surface area contributed by atoms with Gasteiger partial charge in [-0.2, -0.15) is 9.97 Å². The highest BCUT2D eigenvalue weighted by molar-refractivity contribution is 7.80. The Morgan fingerprint density at radius 2 is 1.66 bits per heavy atom. The quantitative estimate of drug-likeness (QED) is 0.745. The predicted octanol–water partition coefficient (Wildman–Crippen LogP) is 3.72. The van der Waals surface area contributed by atoms with Crippen molar-refractivity contribution in [2.75, 3.05) is 34.8 Å². The third-order valence-electron chi connectivity index (χ3n) is 5.48. The van der Waals surface area contributed by atoms with Gasteiger partial charge in [0.15, 0.2) is 5.11 Å². The molecular formula is C22H30N6S. The molecule has 1 aromatic carbocycles. The lowest BCUT2D eigenvalue weighted by Gasteiger charge is -2.32. The zero-order valence-electron chi connectivity index (χ0n) is 17.3. The molecule has 6 nitrogen and oxygen atoms in total. The molecular weight excluding hydrogens is 380 g/mol. The molecule has 0 spiro atoms. The number of aromatic nitrogens is 2. The second-order valence-electron chi connectivity index (χ2n) is 8.15. The molecule has 0 unspecified atom stereocenters. The van der Waals surface area contributed by atoms with Crippen LogP contribution in [0.3, 0.4) is 0 Å². The highest BCUT2D eigenvalue weighted by Crippen LogP contribution is 2.28. The minimum Gasteiger partial charge on any atom is -0.360 e. The Morgan fingerprint density at radius 3 is 2.38 bits per heavy atom. The maximum absolute atomic E-state index is 5.43. The van der Waals surface area contributed by atoms with Gasteiger partial charge in [0.2, 0.25) is 5.95 Å². The van der Waals surface area contributed by atoms with Gasteiger partial charge in [0.05, 0.1) is 0 Å². The van der Waals surface area contributed by atoms with Gasteiger partial charge in [-0.3, -0.25) is 0 Å². The van der Waals surface area contributed by atoms with Crippen LogP contribution < -0.4 is 20.4 Å². The van der Waals surface area contributed by atoms with Gasteiger partial charge in [0, 0.05) is 38.3 Å². The Balaban J connectivity index is 1.61. The summed E-state index contributed by atoms with van der Waals surface area (Å²) in [5, 5.41) is 6.97. The van der Waals surface area contributed by atoms with Crippen molar-refractivity contribution in [1.29, 1.82) is 0 Å². The number of benzene rings is 1. The molecule has 4 rings (SSSR count). The number of fused-ring (bicyclic) bond motifs is 1. The highest BCUT2D eigenvalue weighted by atomic mass is 32.1. The van der Waals surface area contributed by atoms with Gasteiger partial charge < -0.3 is 20.4 Å². The lowest BCUT2D eigenvalue weighted by Crippen LogP contribution is -2.36. The fourth-order valence-electron chi connectivity index (χ4n) is 4.02. The molecule has 0 atom stereocenters. The number of thiocarbonyl (C=S) groups is 1. The number of hydrogen-bond acceptors (Lipinski definition) is 5. The summed E-state index contributed by atoms with van der Waals surface area (Å²) in [6, 6.07) is 11.1. The lowest BCUT2D eigenvalue weighted by atomic mass is 10.00. The van der Waals surface area contributed by atoms with Crippen molar-refractivity contribution < 1.29 is 0 Å². The number of anilines is 3. The van der Waals surface area contributed by atoms with E-state index in [2.05, 4.69) is 64.6 Å². The summed E-state index contributed by atoms with van der Waals surface area (Å²) in [5.41, 5.74) is 2.82. The van der Waals surface area contributed by atoms with Crippen LogP contribution in [-0.4, -0.2) is 40.8 Å². The largest absolute Gasteiger partial charge is 0.360 e. The standard InChI is InChI=1S/C22H30N6S/c1-16(2)23-22(29)26-21-24-19(27-11-6-3-7-12-27)14-20(25-21)28-13-10-17-8-4-5-9-18(17)15-28/h4-5,8-9,14,16H,3,6-7,10-13,15H2,1-2H3,(H2,23,24,25,26,29). The van der Waals surface area contributed by atoms with Gasteiger partial charge in [-0.05, 0) is 62.9 Å². The van der Waals surface area contributed by atoms with Crippen LogP contribution >= 0.6 is 12.2 Å². The minimum atomic E-state index is 0.262. The van der Waals surface area contributed by atoms with Crippen molar-refractivity contribution in [3.63, 3.8) is 0 Å². The number of rotatable bonds is 4. The van der Waals surface area contributed by atoms with E-state index in [4.69, 9.17) is 22.2 Å². The number of nitrogens with one attached hydrogen (secondary N) is 2. The minimum absolute atomic E-state index is 0.262. The molecule has 2 aliphatic heterocycles. The summed E-state index contributed by atoms with van der Waals surface area (Å²) in [4.78, 5) is 14.3. The number of piperidine rings is 1. The zero-order valence-corrected chi connectivity index (χ0v) is 18.1. The summed E-state index contributed by atoms with van der Waals surface area (Å²) in [7, 11) is 0. The van der Waals surface area contributed by atoms with Crippen molar-refractivity contribution in [1.82, 2.24) is 15.3 Å². The first kappa shape index (κ1) is 19.9. The van der Waals surface area contributed by atoms with Crippen LogP contribution in [0.2, 0.25) is 0 Å². The fraction of sp³-hybridized carbons (Fsp3) is 0.500. The lowest BCUT2D eigenvalue weighted by molar-refractivity contribution is 0.573. The summed E-state index contributed by atoms with van der Waals surface area (Å²) in [5.74, 6) is 2.52. The van der Waals surface area contributed by atoms with Crippen molar-refractivity contribution in [3.05, 3.63) is 41.5 Å². The average molecular weight is 411 g/mol. The van der Waals surface area contributed by atoms with E-state index in [9.17, 15) is 0 Å². The van der Waals surface area contributed by atoms with Crippen molar-refractivity contribution in [2.45, 2.75) is 52.1 Å². The van der Waals surface area contributed by atoms with E-state index in [-0.39, 0.29) is 6.04 Å². The summed E-state index contributed by atoms with van der Waals surface area (Å²) < 4.78 is 0. The van der Waals surface area contributed by atoms with Crippen LogP contribution in [0.25, 0.3) is 0 Å². The molecule has 1 aromatic heterocycles. The predicted molar refractivity (Wildman–Crippen MR) is 124 cm³/mol. The highest BCUT2D eigenvalue weighted by Gasteiger charge is 2.21. The smallest absolute Gasteiger partial charge is 0.232 e. The Morgan fingerprint density at radius 1 is 0.966 bits per heavy atom. The molecule has 0 radical (unpaired) electrons. The van der Waals surface area contributed by atoms with E-state index >= 15 is 0 Å². The van der Waals surface area contributed by atoms with Crippen LogP contribution in [0.5, 0.6) is 0 Å². The molecule has 154 valence electrons. The Bertz CT molecular complexity index is 862. The molecule has 0 saturated carbocycles. The molecule has 0 amide bonds. The maximum Gasteiger partial charge on any atom is 0.232 e. The molecule has 2 N–H and O–H groups in total. The van der Waals surface area contributed by atoms with E-state index in [1.807, 2.05) is 0 Å². The molecule has 2 aromatic rings. The Kier molecular flexibility index (Phi) is 6.13. The zero-order chi connectivity index (χ0) is 20.2. The van der Waals surface area contributed by atoms with Gasteiger partial charge in [0.1, 0.15) is 11.6 Å². The van der Waals surface area contributed by atoms with Crippen LogP contribution in [0, 0.1) is 0 Å². The normalized spacial score (nSPS) is 16.5. The fourth-order valence-corrected chi connectivity index (χ4v) is 4.34. The molecule has 3 heterocycles. The molecule has 29 heavy (non-hydrogen) atoms. The summed E-state index contributed by atoms with van der Waals surface area (Å²) in [6.07, 6.45) is 4.76. The van der Waals surface area contributed by atoms with Gasteiger partial charge in [-0.25, -0.2) is 0 Å². The van der Waals surface area contributed by atoms with Crippen molar-refractivity contribution >= 4 is 34.9 Å². The van der Waals surface area contributed by atoms with Gasteiger partial charge >= 0.3 is 0 Å². The number of nitrogens with zero attached hydrogens (tertiary/aromatic N) is 4. The monoisotopic (exact) mass is 410 g/mol. The molecule has 0 bridgehead atoms. The second-order valence-corrected chi connectivity index (χ2v) is 8.56. The topological polar surface area (TPSA) is 56.3 Å². The van der Waals surface area contributed by atoms with Gasteiger partial charge in [-0.15, -0.1) is 0 Å². The van der Waals surface area contributed by atoms with E-state index in [1.165, 1.54) is 30.4 Å². The molecule has 0 aliphatic carbocycles. The first-order valence-electron chi connectivity index (χ1n) is 10.6. The van der Waals surface area contributed by atoms with Crippen LogP contribution in [-0.2, 0) is 13.0 Å². The summed E-state index contributed by atoms with van der Waals surface area (Å²) >= 11 is 5.43.